The average molecular weight is 993 g/mol. The molecule has 2 aliphatic heterocycles. The molecule has 4 amide bonds. The number of piperidine rings is 1. The van der Waals surface area contributed by atoms with Crippen molar-refractivity contribution in [3.05, 3.63) is 46.5 Å². The number of amides is 4. The molecule has 4 rings (SSSR count). The number of cyclic esters (lactones) is 1. The van der Waals surface area contributed by atoms with E-state index in [2.05, 4.69) is 10.6 Å². The van der Waals surface area contributed by atoms with Gasteiger partial charge >= 0.3 is 12.1 Å². The van der Waals surface area contributed by atoms with Gasteiger partial charge in [0.1, 0.15) is 41.0 Å². The highest BCUT2D eigenvalue weighted by atomic mass is 35.5. The summed E-state index contributed by atoms with van der Waals surface area (Å²) in [6.45, 7) is 8.10. The summed E-state index contributed by atoms with van der Waals surface area (Å²) in [7, 11) is 4.62. The second kappa shape index (κ2) is 28.1. The Morgan fingerprint density at radius 2 is 1.71 bits per heavy atom. The number of anilines is 1. The van der Waals surface area contributed by atoms with Crippen molar-refractivity contribution < 1.29 is 53.5 Å². The number of hydrogen-bond donors (Lipinski definition) is 5. The number of hydrogen-bond acceptors (Lipinski definition) is 13. The number of benzene rings is 1. The van der Waals surface area contributed by atoms with Gasteiger partial charge in [0.15, 0.2) is 0 Å². The molecule has 18 heteroatoms. The number of allylic oxidation sites excluding steroid dienone is 3. The van der Waals surface area contributed by atoms with E-state index >= 15 is 0 Å². The Labute approximate surface area is 412 Å². The fourth-order valence-electron chi connectivity index (χ4n) is 8.75. The summed E-state index contributed by atoms with van der Waals surface area (Å²) >= 11 is 8.19. The molecule has 1 aromatic carbocycles. The van der Waals surface area contributed by atoms with Gasteiger partial charge in [0, 0.05) is 69.9 Å². The highest BCUT2D eigenvalue weighted by Crippen LogP contribution is 2.37. The first-order valence-corrected chi connectivity index (χ1v) is 26.0. The van der Waals surface area contributed by atoms with Gasteiger partial charge in [0.05, 0.1) is 25.3 Å². The van der Waals surface area contributed by atoms with E-state index in [-0.39, 0.29) is 60.4 Å². The maximum atomic E-state index is 13.7. The van der Waals surface area contributed by atoms with Crippen molar-refractivity contribution in [1.29, 1.82) is 0 Å². The number of aliphatic hydroxyl groups excluding tert-OH is 2. The molecule has 0 aromatic heterocycles. The number of alkyl carbamates (subject to hydrolysis) is 1. The van der Waals surface area contributed by atoms with Crippen molar-refractivity contribution in [2.75, 3.05) is 50.7 Å². The van der Waals surface area contributed by atoms with Crippen LogP contribution in [0.4, 0.5) is 10.5 Å². The smallest absolute Gasteiger partial charge is 0.409 e. The molecule has 68 heavy (non-hydrogen) atoms. The number of ether oxygens (including phenoxy) is 3. The van der Waals surface area contributed by atoms with Crippen LogP contribution in [0, 0.1) is 5.92 Å². The molecule has 3 fully saturated rings. The number of likely N-dealkylation sites (tertiary alicyclic amines) is 1. The predicted molar refractivity (Wildman–Crippen MR) is 265 cm³/mol. The first kappa shape index (κ1) is 56.7. The molecule has 1 aliphatic carbocycles. The normalized spacial score (nSPS) is 22.1. The van der Waals surface area contributed by atoms with Crippen LogP contribution < -0.4 is 20.3 Å². The summed E-state index contributed by atoms with van der Waals surface area (Å²) in [5.41, 5.74) is 0.586. The Morgan fingerprint density at radius 1 is 1.04 bits per heavy atom. The van der Waals surface area contributed by atoms with Crippen LogP contribution in [0.1, 0.15) is 130 Å². The molecule has 2 saturated heterocycles. The van der Waals surface area contributed by atoms with E-state index in [1.165, 1.54) is 74.1 Å². The SMILES string of the molecule is CC[C@H](CC(=O)N(C)c1cc(C/C(C)=C/C=C/C[C@@]2(O)C[C@@H](C(C)O)OC(=O)N2)cc(OC)c1Cl)OC(=O)[C@H](C)N(C)C(=O)CCSCC(O)N1CCC(C(=O)NC2CCCCCCCC2)CC1. The van der Waals surface area contributed by atoms with E-state index in [0.29, 0.717) is 61.7 Å². The van der Waals surface area contributed by atoms with E-state index in [1.807, 2.05) is 24.8 Å². The second-order valence-corrected chi connectivity index (χ2v) is 20.4. The number of thioether (sulfide) groups is 1. The molecule has 0 spiro atoms. The first-order chi connectivity index (χ1) is 32.3. The minimum atomic E-state index is -1.56. The van der Waals surface area contributed by atoms with Crippen molar-refractivity contribution in [1.82, 2.24) is 20.4 Å². The number of methoxy groups -OCH3 is 1. The van der Waals surface area contributed by atoms with Gasteiger partial charge in [0.25, 0.3) is 0 Å². The van der Waals surface area contributed by atoms with Crippen LogP contribution in [0.25, 0.3) is 0 Å². The Morgan fingerprint density at radius 3 is 2.34 bits per heavy atom. The zero-order chi connectivity index (χ0) is 50.0. The maximum Gasteiger partial charge on any atom is 0.409 e. The average Bonchev–Trinajstić information content (AvgIpc) is 3.44. The highest BCUT2D eigenvalue weighted by Gasteiger charge is 2.40. The Bertz CT molecular complexity index is 1880. The van der Waals surface area contributed by atoms with Crippen LogP contribution in [-0.4, -0.2) is 143 Å². The molecule has 16 nitrogen and oxygen atoms in total. The van der Waals surface area contributed by atoms with Crippen LogP contribution in [0.2, 0.25) is 5.02 Å². The molecule has 1 aromatic rings. The maximum absolute atomic E-state index is 13.7. The summed E-state index contributed by atoms with van der Waals surface area (Å²) in [6.07, 6.45) is 13.3. The lowest BCUT2D eigenvalue weighted by atomic mass is 9.94. The Hall–Kier alpha value is -3.87. The van der Waals surface area contributed by atoms with Crippen molar-refractivity contribution >= 4 is 58.8 Å². The molecule has 382 valence electrons. The number of carbonyl (C=O) groups is 5. The second-order valence-electron chi connectivity index (χ2n) is 18.8. The highest BCUT2D eigenvalue weighted by molar-refractivity contribution is 7.99. The van der Waals surface area contributed by atoms with Crippen LogP contribution in [0.5, 0.6) is 5.75 Å². The molecule has 5 N–H and O–H groups in total. The number of nitrogens with one attached hydrogen (secondary N) is 2. The van der Waals surface area contributed by atoms with Gasteiger partial charge in [-0.2, -0.15) is 11.8 Å². The van der Waals surface area contributed by atoms with E-state index in [9.17, 15) is 39.3 Å². The Balaban J connectivity index is 1.20. The zero-order valence-corrected chi connectivity index (χ0v) is 42.9. The number of halogens is 1. The standard InChI is InChI=1S/C50H78ClN5O11S/c1-8-39(30-44(59)55(6)40-28-36(29-41(65-7)46(40)51)27-33(2)17-15-16-23-50(64)31-42(35(4)57)67-49(63)53-50)66-48(62)34(3)54(5)43(58)22-26-68-32-45(60)56-24-20-37(21-25-56)47(61)52-38-18-13-11-9-10-12-14-19-38/h15-17,28-29,34-35,37-39,42,45,57,60,64H,8-14,18-27,30-32H2,1-7H3,(H,52,61)(H,53,63)/b16-15+,33-17+/t34-,35?,39+,42-,45?,50+/m0/s1. The largest absolute Gasteiger partial charge is 0.495 e. The van der Waals surface area contributed by atoms with E-state index in [1.54, 1.807) is 45.3 Å². The van der Waals surface area contributed by atoms with Crippen molar-refractivity contribution in [3.63, 3.8) is 0 Å². The third kappa shape index (κ3) is 17.8. The van der Waals surface area contributed by atoms with Gasteiger partial charge in [-0.25, -0.2) is 9.59 Å². The summed E-state index contributed by atoms with van der Waals surface area (Å²) in [5, 5.41) is 37.6. The molecule has 3 aliphatic rings. The molecule has 0 bridgehead atoms. The predicted octanol–water partition coefficient (Wildman–Crippen LogP) is 6.65. The fraction of sp³-hybridized carbons (Fsp3) is 0.700. The monoisotopic (exact) mass is 992 g/mol. The number of carbonyl (C=O) groups excluding carboxylic acids is 5. The summed E-state index contributed by atoms with van der Waals surface area (Å²) in [4.78, 5) is 69.9. The topological polar surface area (TPSA) is 208 Å². The number of aliphatic hydroxyl groups is 3. The summed E-state index contributed by atoms with van der Waals surface area (Å²) in [6, 6.07) is 2.95. The molecule has 2 heterocycles. The number of likely N-dealkylation sites (N-methyl/N-ethyl adjacent to an activating group) is 1. The van der Waals surface area contributed by atoms with Crippen LogP contribution in [0.15, 0.2) is 35.9 Å². The minimum absolute atomic E-state index is 0.0292. The molecular weight excluding hydrogens is 914 g/mol. The quantitative estimate of drug-likeness (QED) is 0.0470. The first-order valence-electron chi connectivity index (χ1n) is 24.4. The third-order valence-electron chi connectivity index (χ3n) is 13.4. The molecule has 2 unspecified atom stereocenters. The van der Waals surface area contributed by atoms with Gasteiger partial charge in [-0.05, 0) is 77.0 Å². The van der Waals surface area contributed by atoms with Gasteiger partial charge in [-0.3, -0.25) is 24.6 Å². The van der Waals surface area contributed by atoms with Crippen molar-refractivity contribution in [2.24, 2.45) is 5.92 Å². The summed E-state index contributed by atoms with van der Waals surface area (Å²) in [5.74, 6) is 0.147. The van der Waals surface area contributed by atoms with Crippen molar-refractivity contribution in [3.8, 4) is 5.75 Å². The lowest BCUT2D eigenvalue weighted by Crippen LogP contribution is -2.57. The molecule has 1 saturated carbocycles. The third-order valence-corrected chi connectivity index (χ3v) is 14.8. The lowest BCUT2D eigenvalue weighted by Gasteiger charge is -2.37. The zero-order valence-electron chi connectivity index (χ0n) is 41.3. The number of rotatable bonds is 22. The van der Waals surface area contributed by atoms with Crippen LogP contribution >= 0.6 is 23.4 Å². The van der Waals surface area contributed by atoms with E-state index in [0.717, 1.165) is 24.0 Å². The van der Waals surface area contributed by atoms with Gasteiger partial charge in [0.2, 0.25) is 17.7 Å². The molecular formula is C50H78ClN5O11S. The fourth-order valence-corrected chi connectivity index (χ4v) is 9.97. The molecule has 0 radical (unpaired) electrons. The van der Waals surface area contributed by atoms with Gasteiger partial charge in [-0.15, -0.1) is 0 Å². The Kier molecular flexibility index (Phi) is 23.4. The minimum Gasteiger partial charge on any atom is -0.495 e. The van der Waals surface area contributed by atoms with E-state index in [4.69, 9.17) is 25.8 Å². The van der Waals surface area contributed by atoms with Crippen molar-refractivity contribution in [2.45, 2.75) is 173 Å². The van der Waals surface area contributed by atoms with Gasteiger partial charge in [-0.1, -0.05) is 80.9 Å². The van der Waals surface area contributed by atoms with E-state index < -0.39 is 48.4 Å². The lowest BCUT2D eigenvalue weighted by molar-refractivity contribution is -0.159. The van der Waals surface area contributed by atoms with Gasteiger partial charge < -0.3 is 44.6 Å². The number of nitrogens with zero attached hydrogens (tertiary/aromatic N) is 3. The van der Waals surface area contributed by atoms with Crippen LogP contribution in [0.3, 0.4) is 0 Å². The van der Waals surface area contributed by atoms with Crippen LogP contribution in [-0.2, 0) is 35.1 Å². The molecule has 6 atom stereocenters. The number of esters is 1. The summed E-state index contributed by atoms with van der Waals surface area (Å²) < 4.78 is 16.4.